The number of hydrogen-bond acceptors (Lipinski definition) is 2. The summed E-state index contributed by atoms with van der Waals surface area (Å²) < 4.78 is 23.4. The number of nitrogens with zero attached hydrogens (tertiary/aromatic N) is 1. The molecule has 0 saturated heterocycles. The van der Waals surface area contributed by atoms with Gasteiger partial charge in [-0.05, 0) is 24.4 Å². The second kappa shape index (κ2) is 5.57. The van der Waals surface area contributed by atoms with E-state index in [-0.39, 0.29) is 5.11 Å². The minimum atomic E-state index is -2.90. The van der Waals surface area contributed by atoms with Gasteiger partial charge in [-0.25, -0.2) is 10.3 Å². The van der Waals surface area contributed by atoms with Crippen LogP contribution in [0.1, 0.15) is 0 Å². The second-order valence-corrected chi connectivity index (χ2v) is 3.07. The average molecular weight is 232 g/mol. The maximum atomic E-state index is 11.7. The summed E-state index contributed by atoms with van der Waals surface area (Å²) in [4.78, 5) is 5.41. The van der Waals surface area contributed by atoms with Gasteiger partial charge in [0.1, 0.15) is 0 Å². The van der Waals surface area contributed by atoms with Crippen molar-refractivity contribution in [3.63, 3.8) is 0 Å². The van der Waals surface area contributed by atoms with Gasteiger partial charge < -0.3 is 4.90 Å². The maximum Gasteiger partial charge on any atom is 0.364 e. The molecular formula is C9H10F2N2OS. The Morgan fingerprint density at radius 3 is 2.53 bits per heavy atom. The van der Waals surface area contributed by atoms with Crippen LogP contribution in [0.25, 0.3) is 0 Å². The lowest BCUT2D eigenvalue weighted by molar-refractivity contribution is -0.154. The Morgan fingerprint density at radius 1 is 1.40 bits per heavy atom. The number of thiocarbonyl (C=S) groups is 1. The van der Waals surface area contributed by atoms with E-state index < -0.39 is 6.61 Å². The molecule has 0 radical (unpaired) electrons. The van der Waals surface area contributed by atoms with E-state index in [0.29, 0.717) is 0 Å². The molecule has 0 heterocycles. The van der Waals surface area contributed by atoms with Gasteiger partial charge in [0, 0.05) is 12.7 Å². The summed E-state index contributed by atoms with van der Waals surface area (Å²) in [6, 6.07) is 9.10. The predicted octanol–water partition coefficient (Wildman–Crippen LogP) is 2.15. The summed E-state index contributed by atoms with van der Waals surface area (Å²) in [5.74, 6) is 0. The van der Waals surface area contributed by atoms with Crippen LogP contribution < -0.4 is 10.4 Å². The summed E-state index contributed by atoms with van der Waals surface area (Å²) in [5, 5.41) is 0.0708. The fourth-order valence-corrected chi connectivity index (χ4v) is 1.09. The number of hydrogen-bond donors (Lipinski definition) is 1. The lowest BCUT2D eigenvalue weighted by Crippen LogP contribution is -2.37. The Morgan fingerprint density at radius 2 is 2.00 bits per heavy atom. The number of benzene rings is 1. The molecule has 0 aliphatic rings. The molecule has 3 nitrogen and oxygen atoms in total. The van der Waals surface area contributed by atoms with Gasteiger partial charge in [0.25, 0.3) is 0 Å². The molecule has 1 N–H and O–H groups in total. The van der Waals surface area contributed by atoms with E-state index in [1.54, 1.807) is 19.2 Å². The van der Waals surface area contributed by atoms with Crippen molar-refractivity contribution in [1.82, 2.24) is 5.48 Å². The monoisotopic (exact) mass is 232 g/mol. The number of alkyl halides is 2. The van der Waals surface area contributed by atoms with Gasteiger partial charge >= 0.3 is 6.61 Å². The van der Waals surface area contributed by atoms with Crippen molar-refractivity contribution in [3.8, 4) is 0 Å². The lowest BCUT2D eigenvalue weighted by atomic mass is 10.3. The molecule has 0 aliphatic carbocycles. The normalized spacial score (nSPS) is 10.1. The first-order valence-electron chi connectivity index (χ1n) is 4.14. The zero-order valence-corrected chi connectivity index (χ0v) is 8.80. The van der Waals surface area contributed by atoms with E-state index in [2.05, 4.69) is 4.84 Å². The number of nitrogens with one attached hydrogen (secondary N) is 1. The fraction of sp³-hybridized carbons (Fsp3) is 0.222. The molecule has 82 valence electrons. The van der Waals surface area contributed by atoms with Crippen LogP contribution in [0.15, 0.2) is 30.3 Å². The van der Waals surface area contributed by atoms with Gasteiger partial charge in [-0.15, -0.1) is 0 Å². The molecule has 6 heteroatoms. The van der Waals surface area contributed by atoms with Crippen molar-refractivity contribution in [2.75, 3.05) is 11.9 Å². The topological polar surface area (TPSA) is 24.5 Å². The molecule has 0 saturated carbocycles. The van der Waals surface area contributed by atoms with E-state index in [1.807, 2.05) is 23.7 Å². The first kappa shape index (κ1) is 11.8. The van der Waals surface area contributed by atoms with Crippen molar-refractivity contribution in [2.24, 2.45) is 0 Å². The molecular weight excluding hydrogens is 222 g/mol. The summed E-state index contributed by atoms with van der Waals surface area (Å²) in [7, 11) is 1.65. The average Bonchev–Trinajstić information content (AvgIpc) is 2.26. The first-order valence-corrected chi connectivity index (χ1v) is 4.54. The second-order valence-electron chi connectivity index (χ2n) is 2.68. The van der Waals surface area contributed by atoms with Crippen molar-refractivity contribution < 1.29 is 13.6 Å². The van der Waals surface area contributed by atoms with Crippen LogP contribution in [-0.4, -0.2) is 18.8 Å². The number of anilines is 1. The van der Waals surface area contributed by atoms with Gasteiger partial charge in [0.05, 0.1) is 0 Å². The van der Waals surface area contributed by atoms with E-state index >= 15 is 0 Å². The molecule has 0 fully saturated rings. The quantitative estimate of drug-likeness (QED) is 0.637. The number of halogens is 2. The molecule has 1 aromatic rings. The molecule has 0 unspecified atom stereocenters. The van der Waals surface area contributed by atoms with Crippen LogP contribution in [0.5, 0.6) is 0 Å². The predicted molar refractivity (Wildman–Crippen MR) is 57.7 cm³/mol. The third-order valence-electron chi connectivity index (χ3n) is 1.68. The number of hydroxylamine groups is 1. The molecule has 15 heavy (non-hydrogen) atoms. The highest BCUT2D eigenvalue weighted by Crippen LogP contribution is 2.10. The zero-order valence-electron chi connectivity index (χ0n) is 7.98. The van der Waals surface area contributed by atoms with Gasteiger partial charge in [0.2, 0.25) is 0 Å². The van der Waals surface area contributed by atoms with Crippen LogP contribution in [0, 0.1) is 0 Å². The zero-order chi connectivity index (χ0) is 11.3. The molecule has 0 bridgehead atoms. The Kier molecular flexibility index (Phi) is 4.38. The van der Waals surface area contributed by atoms with Crippen LogP contribution in [-0.2, 0) is 4.84 Å². The van der Waals surface area contributed by atoms with Crippen LogP contribution in [0.3, 0.4) is 0 Å². The Bertz CT molecular complexity index is 321. The molecule has 1 aromatic carbocycles. The summed E-state index contributed by atoms with van der Waals surface area (Å²) in [5.41, 5.74) is 2.77. The van der Waals surface area contributed by atoms with Crippen molar-refractivity contribution >= 4 is 23.0 Å². The fourth-order valence-electron chi connectivity index (χ4n) is 0.932. The highest BCUT2D eigenvalue weighted by Gasteiger charge is 2.08. The summed E-state index contributed by atoms with van der Waals surface area (Å²) >= 11 is 4.83. The lowest BCUT2D eigenvalue weighted by Gasteiger charge is -2.20. The van der Waals surface area contributed by atoms with Crippen molar-refractivity contribution in [1.29, 1.82) is 0 Å². The molecule has 0 aliphatic heterocycles. The van der Waals surface area contributed by atoms with Crippen LogP contribution in [0.2, 0.25) is 0 Å². The van der Waals surface area contributed by atoms with E-state index in [0.717, 1.165) is 5.69 Å². The minimum Gasteiger partial charge on any atom is -0.320 e. The third kappa shape index (κ3) is 3.77. The van der Waals surface area contributed by atoms with E-state index in [4.69, 9.17) is 12.2 Å². The largest absolute Gasteiger partial charge is 0.364 e. The number of para-hydroxylation sites is 1. The maximum absolute atomic E-state index is 11.7. The Hall–Kier alpha value is -1.27. The van der Waals surface area contributed by atoms with Gasteiger partial charge in [-0.3, -0.25) is 0 Å². The molecule has 0 spiro atoms. The van der Waals surface area contributed by atoms with E-state index in [1.165, 1.54) is 4.90 Å². The standard InChI is InChI=1S/C9H10F2N2OS/c1-13(7-5-3-2-4-6-7)9(15)12-14-8(10)11/h2-6,8H,1H3,(H,12,15). The molecule has 1 rings (SSSR count). The third-order valence-corrected chi connectivity index (χ3v) is 2.04. The van der Waals surface area contributed by atoms with Crippen molar-refractivity contribution in [2.45, 2.75) is 6.61 Å². The van der Waals surface area contributed by atoms with Crippen molar-refractivity contribution in [3.05, 3.63) is 30.3 Å². The summed E-state index contributed by atoms with van der Waals surface area (Å²) in [6.07, 6.45) is 0. The SMILES string of the molecule is CN(C(=S)NOC(F)F)c1ccccc1. The highest BCUT2D eigenvalue weighted by atomic mass is 32.1. The van der Waals surface area contributed by atoms with E-state index in [9.17, 15) is 8.78 Å². The van der Waals surface area contributed by atoms with Gasteiger partial charge in [-0.2, -0.15) is 8.78 Å². The Labute approximate surface area is 91.6 Å². The Balaban J connectivity index is 2.54. The first-order chi connectivity index (χ1) is 7.11. The van der Waals surface area contributed by atoms with Crippen LogP contribution >= 0.6 is 12.2 Å². The molecule has 0 amide bonds. The summed E-state index contributed by atoms with van der Waals surface area (Å²) in [6.45, 7) is -2.90. The van der Waals surface area contributed by atoms with Crippen LogP contribution in [0.4, 0.5) is 14.5 Å². The number of rotatable bonds is 3. The molecule has 0 aromatic heterocycles. The van der Waals surface area contributed by atoms with Gasteiger partial charge in [0.15, 0.2) is 5.11 Å². The minimum absolute atomic E-state index is 0.0708. The smallest absolute Gasteiger partial charge is 0.320 e. The highest BCUT2D eigenvalue weighted by molar-refractivity contribution is 7.80. The molecule has 0 atom stereocenters. The van der Waals surface area contributed by atoms with Gasteiger partial charge in [-0.1, -0.05) is 18.2 Å².